The largest absolute Gasteiger partial charge is 0.312 e. The van der Waals surface area contributed by atoms with Crippen LogP contribution in [0.3, 0.4) is 0 Å². The summed E-state index contributed by atoms with van der Waals surface area (Å²) in [4.78, 5) is 14.0. The number of nitrogens with zero attached hydrogens (tertiary/aromatic N) is 1. The predicted molar refractivity (Wildman–Crippen MR) is 66.7 cm³/mol. The second-order valence-electron chi connectivity index (χ2n) is 4.42. The highest BCUT2D eigenvalue weighted by Crippen LogP contribution is 2.37. The molecule has 0 fully saturated rings. The first kappa shape index (κ1) is 11.2. The molecule has 86 valence electrons. The summed E-state index contributed by atoms with van der Waals surface area (Å²) < 4.78 is 0. The standard InChI is InChI=1S/C14H19NO/c1-3-7-14(16)15-10-11(4-2)12-8-5-6-9-13(12)15/h5-6,8-9,11H,3-4,7,10H2,1-2H3. The number of hydrogen-bond donors (Lipinski definition) is 0. The quantitative estimate of drug-likeness (QED) is 0.760. The van der Waals surface area contributed by atoms with Gasteiger partial charge in [0.2, 0.25) is 5.91 Å². The third-order valence-corrected chi connectivity index (χ3v) is 3.33. The zero-order valence-electron chi connectivity index (χ0n) is 10.1. The minimum Gasteiger partial charge on any atom is -0.312 e. The molecule has 16 heavy (non-hydrogen) atoms. The van der Waals surface area contributed by atoms with Gasteiger partial charge in [0.05, 0.1) is 0 Å². The number of amides is 1. The van der Waals surface area contributed by atoms with Gasteiger partial charge >= 0.3 is 0 Å². The maximum absolute atomic E-state index is 12.0. The average molecular weight is 217 g/mol. The second kappa shape index (κ2) is 4.69. The van der Waals surface area contributed by atoms with Crippen molar-refractivity contribution >= 4 is 11.6 Å². The number of fused-ring (bicyclic) bond motifs is 1. The fraction of sp³-hybridized carbons (Fsp3) is 0.500. The molecule has 0 saturated carbocycles. The first-order valence-corrected chi connectivity index (χ1v) is 6.17. The Kier molecular flexibility index (Phi) is 3.28. The lowest BCUT2D eigenvalue weighted by Crippen LogP contribution is -2.29. The molecule has 1 aliphatic rings. The summed E-state index contributed by atoms with van der Waals surface area (Å²) in [5.41, 5.74) is 2.47. The van der Waals surface area contributed by atoms with Crippen LogP contribution in [0.4, 0.5) is 5.69 Å². The molecule has 0 N–H and O–H groups in total. The Morgan fingerprint density at radius 3 is 2.81 bits per heavy atom. The zero-order chi connectivity index (χ0) is 11.5. The van der Waals surface area contributed by atoms with Crippen molar-refractivity contribution in [2.24, 2.45) is 0 Å². The lowest BCUT2D eigenvalue weighted by atomic mass is 9.99. The van der Waals surface area contributed by atoms with Gasteiger partial charge in [-0.15, -0.1) is 0 Å². The molecule has 1 heterocycles. The van der Waals surface area contributed by atoms with Gasteiger partial charge in [-0.05, 0) is 24.5 Å². The highest BCUT2D eigenvalue weighted by atomic mass is 16.2. The molecule has 0 aromatic heterocycles. The van der Waals surface area contributed by atoms with E-state index in [-0.39, 0.29) is 5.91 Å². The molecule has 0 saturated heterocycles. The minimum absolute atomic E-state index is 0.269. The van der Waals surface area contributed by atoms with Crippen LogP contribution in [0.2, 0.25) is 0 Å². The molecule has 1 aromatic carbocycles. The SMILES string of the molecule is CCCC(=O)N1CC(CC)c2ccccc21. The van der Waals surface area contributed by atoms with Crippen molar-refractivity contribution in [3.8, 4) is 0 Å². The fourth-order valence-corrected chi connectivity index (χ4v) is 2.43. The summed E-state index contributed by atoms with van der Waals surface area (Å²) in [5.74, 6) is 0.794. The number of hydrogen-bond acceptors (Lipinski definition) is 1. The molecule has 1 amide bonds. The molecule has 0 radical (unpaired) electrons. The van der Waals surface area contributed by atoms with E-state index in [0.29, 0.717) is 12.3 Å². The summed E-state index contributed by atoms with van der Waals surface area (Å²) in [7, 11) is 0. The van der Waals surface area contributed by atoms with Crippen molar-refractivity contribution < 1.29 is 4.79 Å². The van der Waals surface area contributed by atoms with Crippen LogP contribution in [0.5, 0.6) is 0 Å². The molecule has 1 atom stereocenters. The van der Waals surface area contributed by atoms with Crippen LogP contribution in [0.1, 0.15) is 44.6 Å². The van der Waals surface area contributed by atoms with Gasteiger partial charge in [0, 0.05) is 24.6 Å². The average Bonchev–Trinajstić information content (AvgIpc) is 2.68. The molecule has 1 aromatic rings. The van der Waals surface area contributed by atoms with E-state index >= 15 is 0 Å². The number of rotatable bonds is 3. The highest BCUT2D eigenvalue weighted by Gasteiger charge is 2.30. The summed E-state index contributed by atoms with van der Waals surface area (Å²) >= 11 is 0. The van der Waals surface area contributed by atoms with E-state index < -0.39 is 0 Å². The van der Waals surface area contributed by atoms with Gasteiger partial charge in [-0.1, -0.05) is 32.0 Å². The maximum Gasteiger partial charge on any atom is 0.226 e. The third kappa shape index (κ3) is 1.84. The van der Waals surface area contributed by atoms with Crippen LogP contribution in [0.15, 0.2) is 24.3 Å². The zero-order valence-corrected chi connectivity index (χ0v) is 10.1. The monoisotopic (exact) mass is 217 g/mol. The van der Waals surface area contributed by atoms with Crippen molar-refractivity contribution in [3.05, 3.63) is 29.8 Å². The summed E-state index contributed by atoms with van der Waals surface area (Å²) in [6.45, 7) is 5.11. The lowest BCUT2D eigenvalue weighted by Gasteiger charge is -2.17. The van der Waals surface area contributed by atoms with Crippen molar-refractivity contribution in [1.82, 2.24) is 0 Å². The molecule has 1 aliphatic heterocycles. The Balaban J connectivity index is 2.28. The number of para-hydroxylation sites is 1. The maximum atomic E-state index is 12.0. The van der Waals surface area contributed by atoms with Gasteiger partial charge in [0.15, 0.2) is 0 Å². The Morgan fingerprint density at radius 1 is 1.38 bits per heavy atom. The van der Waals surface area contributed by atoms with Gasteiger partial charge in [-0.3, -0.25) is 4.79 Å². The van der Waals surface area contributed by atoms with E-state index in [4.69, 9.17) is 0 Å². The van der Waals surface area contributed by atoms with Gasteiger partial charge in [-0.2, -0.15) is 0 Å². The summed E-state index contributed by atoms with van der Waals surface area (Å²) in [6, 6.07) is 8.31. The van der Waals surface area contributed by atoms with Gasteiger partial charge in [0.1, 0.15) is 0 Å². The topological polar surface area (TPSA) is 20.3 Å². The van der Waals surface area contributed by atoms with Crippen molar-refractivity contribution in [2.75, 3.05) is 11.4 Å². The van der Waals surface area contributed by atoms with Crippen molar-refractivity contribution in [1.29, 1.82) is 0 Å². The molecule has 0 aliphatic carbocycles. The highest BCUT2D eigenvalue weighted by molar-refractivity contribution is 5.95. The van der Waals surface area contributed by atoms with E-state index in [1.54, 1.807) is 0 Å². The van der Waals surface area contributed by atoms with Crippen LogP contribution in [-0.4, -0.2) is 12.5 Å². The number of carbonyl (C=O) groups excluding carboxylic acids is 1. The Morgan fingerprint density at radius 2 is 2.12 bits per heavy atom. The van der Waals surface area contributed by atoms with Crippen LogP contribution in [0.25, 0.3) is 0 Å². The fourth-order valence-electron chi connectivity index (χ4n) is 2.43. The molecular weight excluding hydrogens is 198 g/mol. The summed E-state index contributed by atoms with van der Waals surface area (Å²) in [6.07, 6.45) is 2.69. The molecule has 2 nitrogen and oxygen atoms in total. The second-order valence-corrected chi connectivity index (χ2v) is 4.42. The molecule has 1 unspecified atom stereocenters. The van der Waals surface area contributed by atoms with Gasteiger partial charge in [0.25, 0.3) is 0 Å². The van der Waals surface area contributed by atoms with E-state index in [1.165, 1.54) is 5.56 Å². The Labute approximate surface area is 97.3 Å². The molecule has 2 rings (SSSR count). The normalized spacial score (nSPS) is 18.6. The van der Waals surface area contributed by atoms with Crippen molar-refractivity contribution in [3.63, 3.8) is 0 Å². The van der Waals surface area contributed by atoms with Crippen LogP contribution >= 0.6 is 0 Å². The first-order valence-electron chi connectivity index (χ1n) is 6.17. The summed E-state index contributed by atoms with van der Waals surface area (Å²) in [5, 5.41) is 0. The van der Waals surface area contributed by atoms with E-state index in [9.17, 15) is 4.79 Å². The van der Waals surface area contributed by atoms with Crippen molar-refractivity contribution in [2.45, 2.75) is 39.0 Å². The van der Waals surface area contributed by atoms with E-state index in [0.717, 1.165) is 25.1 Å². The third-order valence-electron chi connectivity index (χ3n) is 3.33. The Hall–Kier alpha value is -1.31. The molecular formula is C14H19NO. The van der Waals surface area contributed by atoms with Crippen LogP contribution in [0, 0.1) is 0 Å². The van der Waals surface area contributed by atoms with Gasteiger partial charge in [-0.25, -0.2) is 0 Å². The number of benzene rings is 1. The molecule has 2 heteroatoms. The first-order chi connectivity index (χ1) is 7.77. The lowest BCUT2D eigenvalue weighted by molar-refractivity contribution is -0.118. The van der Waals surface area contributed by atoms with E-state index in [1.807, 2.05) is 11.0 Å². The molecule has 0 spiro atoms. The minimum atomic E-state index is 0.269. The predicted octanol–water partition coefficient (Wildman–Crippen LogP) is 3.33. The van der Waals surface area contributed by atoms with Crippen LogP contribution in [-0.2, 0) is 4.79 Å². The number of anilines is 1. The molecule has 0 bridgehead atoms. The van der Waals surface area contributed by atoms with Crippen LogP contribution < -0.4 is 4.90 Å². The van der Waals surface area contributed by atoms with Gasteiger partial charge < -0.3 is 4.90 Å². The number of carbonyl (C=O) groups is 1. The van der Waals surface area contributed by atoms with E-state index in [2.05, 4.69) is 32.0 Å². The Bertz CT molecular complexity index is 386. The smallest absolute Gasteiger partial charge is 0.226 e.